The summed E-state index contributed by atoms with van der Waals surface area (Å²) in [4.78, 5) is 41.0. The number of nitrogens with zero attached hydrogens (tertiary/aromatic N) is 1. The van der Waals surface area contributed by atoms with Crippen LogP contribution in [0.1, 0.15) is 62.6 Å². The van der Waals surface area contributed by atoms with E-state index in [0.29, 0.717) is 26.0 Å². The van der Waals surface area contributed by atoms with Crippen LogP contribution in [-0.2, 0) is 20.7 Å². The van der Waals surface area contributed by atoms with Gasteiger partial charge in [0.05, 0.1) is 18.6 Å². The Labute approximate surface area is 200 Å². The molecule has 0 saturated heterocycles. The van der Waals surface area contributed by atoms with Crippen LogP contribution in [-0.4, -0.2) is 36.6 Å². The van der Waals surface area contributed by atoms with Gasteiger partial charge in [-0.15, -0.1) is 0 Å². The van der Waals surface area contributed by atoms with Crippen molar-refractivity contribution in [2.24, 2.45) is 0 Å². The number of esters is 1. The van der Waals surface area contributed by atoms with Gasteiger partial charge in [0, 0.05) is 12.2 Å². The molecule has 0 spiro atoms. The first-order chi connectivity index (χ1) is 16.5. The lowest BCUT2D eigenvalue weighted by atomic mass is 9.79. The summed E-state index contributed by atoms with van der Waals surface area (Å²) in [6.45, 7) is 2.67. The summed E-state index contributed by atoms with van der Waals surface area (Å²) in [5.41, 5.74) is 2.08. The fourth-order valence-electron chi connectivity index (χ4n) is 5.13. The molecule has 7 heteroatoms. The Bertz CT molecular complexity index is 1020. The Morgan fingerprint density at radius 1 is 1.00 bits per heavy atom. The van der Waals surface area contributed by atoms with E-state index in [2.05, 4.69) is 10.6 Å². The van der Waals surface area contributed by atoms with Crippen LogP contribution < -0.4 is 15.5 Å². The van der Waals surface area contributed by atoms with E-state index in [1.165, 1.54) is 0 Å². The molecule has 2 N–H and O–H groups in total. The zero-order chi connectivity index (χ0) is 24.0. The first kappa shape index (κ1) is 23.8. The van der Waals surface area contributed by atoms with Gasteiger partial charge in [0.1, 0.15) is 6.04 Å². The van der Waals surface area contributed by atoms with E-state index in [1.54, 1.807) is 11.8 Å². The molecule has 2 aliphatic rings. The molecule has 1 atom stereocenters. The number of ether oxygens (including phenoxy) is 1. The van der Waals surface area contributed by atoms with Crippen LogP contribution in [0.5, 0.6) is 0 Å². The van der Waals surface area contributed by atoms with Gasteiger partial charge in [0.2, 0.25) is 0 Å². The molecule has 1 heterocycles. The summed E-state index contributed by atoms with van der Waals surface area (Å²) in [5.74, 6) is -0.483. The number of carbonyl (C=O) groups is 3. The number of amides is 3. The lowest BCUT2D eigenvalue weighted by molar-refractivity contribution is -0.145. The molecular weight excluding hydrogens is 430 g/mol. The highest BCUT2D eigenvalue weighted by Crippen LogP contribution is 2.33. The fourth-order valence-corrected chi connectivity index (χ4v) is 5.13. The minimum Gasteiger partial charge on any atom is -0.466 e. The Morgan fingerprint density at radius 3 is 2.44 bits per heavy atom. The van der Waals surface area contributed by atoms with Gasteiger partial charge < -0.3 is 20.3 Å². The van der Waals surface area contributed by atoms with Gasteiger partial charge in [-0.1, -0.05) is 67.8 Å². The van der Waals surface area contributed by atoms with Crippen LogP contribution in [0.25, 0.3) is 0 Å². The van der Waals surface area contributed by atoms with Crippen LogP contribution >= 0.6 is 0 Å². The number of rotatable bonds is 7. The van der Waals surface area contributed by atoms with Gasteiger partial charge >= 0.3 is 12.0 Å². The molecule has 180 valence electrons. The van der Waals surface area contributed by atoms with Gasteiger partial charge in [0.25, 0.3) is 5.91 Å². The maximum Gasteiger partial charge on any atom is 0.316 e. The predicted octanol–water partition coefficient (Wildman–Crippen LogP) is 4.27. The normalized spacial score (nSPS) is 17.4. The number of anilines is 1. The maximum atomic E-state index is 13.7. The molecule has 1 fully saturated rings. The van der Waals surface area contributed by atoms with Crippen molar-refractivity contribution < 1.29 is 19.1 Å². The lowest BCUT2D eigenvalue weighted by Crippen LogP contribution is -2.56. The maximum absolute atomic E-state index is 13.7. The topological polar surface area (TPSA) is 87.7 Å². The third-order valence-corrected chi connectivity index (χ3v) is 6.79. The number of fused-ring (bicyclic) bond motifs is 1. The predicted molar refractivity (Wildman–Crippen MR) is 130 cm³/mol. The smallest absolute Gasteiger partial charge is 0.316 e. The summed E-state index contributed by atoms with van der Waals surface area (Å²) in [7, 11) is 0. The van der Waals surface area contributed by atoms with Gasteiger partial charge in [-0.3, -0.25) is 9.59 Å². The molecule has 0 aromatic heterocycles. The first-order valence-corrected chi connectivity index (χ1v) is 12.2. The van der Waals surface area contributed by atoms with Crippen LogP contribution in [0.4, 0.5) is 10.5 Å². The number of urea groups is 1. The Kier molecular flexibility index (Phi) is 7.50. The third kappa shape index (κ3) is 5.41. The number of carbonyl (C=O) groups excluding carboxylic acids is 3. The van der Waals surface area contributed by atoms with Gasteiger partial charge in [-0.05, 0) is 43.4 Å². The Hall–Kier alpha value is -3.35. The standard InChI is InChI=1S/C27H33N3O4/c1-2-34-23(31)19-27(16-9-4-10-17-27)29-26(33)28-24(21-12-5-3-6-13-21)25(32)30-18-15-20-11-7-8-14-22(20)30/h3,5-8,11-14,24H,2,4,9-10,15-19H2,1H3,(H2,28,29,33). The van der Waals surface area contributed by atoms with E-state index in [-0.39, 0.29) is 18.3 Å². The van der Waals surface area contributed by atoms with E-state index < -0.39 is 17.6 Å². The zero-order valence-corrected chi connectivity index (χ0v) is 19.7. The van der Waals surface area contributed by atoms with Crippen molar-refractivity contribution in [3.8, 4) is 0 Å². The Balaban J connectivity index is 1.54. The van der Waals surface area contributed by atoms with Gasteiger partial charge in [-0.2, -0.15) is 0 Å². The molecule has 2 aromatic carbocycles. The molecule has 7 nitrogen and oxygen atoms in total. The van der Waals surface area contributed by atoms with Gasteiger partial charge in [-0.25, -0.2) is 4.79 Å². The van der Waals surface area contributed by atoms with Crippen molar-refractivity contribution in [2.75, 3.05) is 18.1 Å². The highest BCUT2D eigenvalue weighted by molar-refractivity contribution is 6.01. The molecule has 1 unspecified atom stereocenters. The molecule has 3 amide bonds. The molecule has 2 aromatic rings. The second kappa shape index (κ2) is 10.7. The first-order valence-electron chi connectivity index (χ1n) is 12.2. The summed E-state index contributed by atoms with van der Waals surface area (Å²) in [6.07, 6.45) is 5.30. The third-order valence-electron chi connectivity index (χ3n) is 6.79. The molecule has 4 rings (SSSR count). The average molecular weight is 464 g/mol. The highest BCUT2D eigenvalue weighted by Gasteiger charge is 2.38. The molecule has 1 aliphatic carbocycles. The molecule has 34 heavy (non-hydrogen) atoms. The molecule has 1 saturated carbocycles. The van der Waals surface area contributed by atoms with Crippen molar-refractivity contribution in [3.63, 3.8) is 0 Å². The minimum atomic E-state index is -0.837. The van der Waals surface area contributed by atoms with Crippen LogP contribution in [0.2, 0.25) is 0 Å². The SMILES string of the molecule is CCOC(=O)CC1(NC(=O)NC(C(=O)N2CCc3ccccc32)c2ccccc2)CCCCC1. The number of hydrogen-bond acceptors (Lipinski definition) is 4. The number of benzene rings is 2. The second-order valence-electron chi connectivity index (χ2n) is 9.13. The quantitative estimate of drug-likeness (QED) is 0.600. The summed E-state index contributed by atoms with van der Waals surface area (Å²) >= 11 is 0. The van der Waals surface area contributed by atoms with E-state index in [1.807, 2.05) is 54.6 Å². The van der Waals surface area contributed by atoms with E-state index in [0.717, 1.165) is 42.5 Å². The molecule has 0 radical (unpaired) electrons. The average Bonchev–Trinajstić information content (AvgIpc) is 3.27. The number of para-hydroxylation sites is 1. The minimum absolute atomic E-state index is 0.137. The van der Waals surface area contributed by atoms with Crippen LogP contribution in [0.3, 0.4) is 0 Å². The summed E-state index contributed by atoms with van der Waals surface area (Å²) in [5, 5.41) is 5.99. The molecule has 1 aliphatic heterocycles. The largest absolute Gasteiger partial charge is 0.466 e. The fraction of sp³-hybridized carbons (Fsp3) is 0.444. The van der Waals surface area contributed by atoms with E-state index in [4.69, 9.17) is 4.74 Å². The lowest BCUT2D eigenvalue weighted by Gasteiger charge is -2.38. The summed E-state index contributed by atoms with van der Waals surface area (Å²) in [6, 6.07) is 15.9. The molecular formula is C27H33N3O4. The van der Waals surface area contributed by atoms with Crippen molar-refractivity contribution in [1.29, 1.82) is 0 Å². The van der Waals surface area contributed by atoms with Crippen molar-refractivity contribution in [1.82, 2.24) is 10.6 Å². The van der Waals surface area contributed by atoms with Gasteiger partial charge in [0.15, 0.2) is 0 Å². The van der Waals surface area contributed by atoms with Crippen molar-refractivity contribution in [3.05, 3.63) is 65.7 Å². The van der Waals surface area contributed by atoms with Crippen molar-refractivity contribution >= 4 is 23.6 Å². The number of nitrogens with one attached hydrogen (secondary N) is 2. The van der Waals surface area contributed by atoms with Crippen molar-refractivity contribution in [2.45, 2.75) is 63.5 Å². The summed E-state index contributed by atoms with van der Waals surface area (Å²) < 4.78 is 5.17. The van der Waals surface area contributed by atoms with E-state index in [9.17, 15) is 14.4 Å². The second-order valence-corrected chi connectivity index (χ2v) is 9.13. The monoisotopic (exact) mass is 463 g/mol. The highest BCUT2D eigenvalue weighted by atomic mass is 16.5. The van der Waals surface area contributed by atoms with Crippen LogP contribution in [0, 0.1) is 0 Å². The van der Waals surface area contributed by atoms with Crippen LogP contribution in [0.15, 0.2) is 54.6 Å². The zero-order valence-electron chi connectivity index (χ0n) is 19.7. The van der Waals surface area contributed by atoms with E-state index >= 15 is 0 Å². The molecule has 0 bridgehead atoms. The Morgan fingerprint density at radius 2 is 1.71 bits per heavy atom. The number of hydrogen-bond donors (Lipinski definition) is 2.